The first kappa shape index (κ1) is 25.3. The molecule has 41 heavy (non-hydrogen) atoms. The summed E-state index contributed by atoms with van der Waals surface area (Å²) >= 11 is 0. The number of furan rings is 1. The molecule has 0 saturated heterocycles. The molecule has 7 rings (SSSR count). The molecule has 0 bridgehead atoms. The Hall–Kier alpha value is -4.64. The van der Waals surface area contributed by atoms with Gasteiger partial charge >= 0.3 is 0 Å². The van der Waals surface area contributed by atoms with Crippen molar-refractivity contribution in [1.82, 2.24) is 0 Å². The molecule has 5 heteroatoms. The third-order valence-electron chi connectivity index (χ3n) is 8.95. The van der Waals surface area contributed by atoms with E-state index in [-0.39, 0.29) is 23.1 Å². The second kappa shape index (κ2) is 8.93. The zero-order valence-corrected chi connectivity index (χ0v) is 23.5. The lowest BCUT2D eigenvalue weighted by atomic mass is 9.78. The summed E-state index contributed by atoms with van der Waals surface area (Å²) in [6, 6.07) is 14.8. The van der Waals surface area contributed by atoms with Crippen molar-refractivity contribution in [2.75, 3.05) is 0 Å². The number of rotatable bonds is 4. The fourth-order valence-corrected chi connectivity index (χ4v) is 7.10. The molecule has 4 aromatic carbocycles. The number of carbonyl (C=O) groups is 4. The summed E-state index contributed by atoms with van der Waals surface area (Å²) in [4.78, 5) is 55.4. The van der Waals surface area contributed by atoms with E-state index in [1.807, 2.05) is 64.1 Å². The van der Waals surface area contributed by atoms with Crippen molar-refractivity contribution in [3.63, 3.8) is 0 Å². The molecule has 0 amide bonds. The Balaban J connectivity index is 1.70. The highest BCUT2D eigenvalue weighted by molar-refractivity contribution is 6.39. The highest BCUT2D eigenvalue weighted by Gasteiger charge is 2.35. The maximum absolute atomic E-state index is 14.1. The summed E-state index contributed by atoms with van der Waals surface area (Å²) in [5.41, 5.74) is 4.94. The minimum absolute atomic E-state index is 0.113. The smallest absolute Gasteiger partial charge is 0.190 e. The molecule has 0 aliphatic heterocycles. The summed E-state index contributed by atoms with van der Waals surface area (Å²) < 4.78 is 6.35. The van der Waals surface area contributed by atoms with E-state index in [0.717, 1.165) is 10.8 Å². The lowest BCUT2D eigenvalue weighted by Gasteiger charge is -2.22. The Kier molecular flexibility index (Phi) is 5.52. The first-order chi connectivity index (χ1) is 19.9. The molecule has 202 valence electrons. The van der Waals surface area contributed by atoms with Crippen molar-refractivity contribution in [3.8, 4) is 0 Å². The normalized spacial score (nSPS) is 15.7. The Morgan fingerprint density at radius 2 is 0.780 bits per heavy atom. The van der Waals surface area contributed by atoms with E-state index < -0.39 is 0 Å². The molecule has 0 unspecified atom stereocenters. The van der Waals surface area contributed by atoms with Gasteiger partial charge in [-0.3, -0.25) is 19.2 Å². The van der Waals surface area contributed by atoms with Crippen molar-refractivity contribution in [2.45, 2.75) is 53.4 Å². The highest BCUT2D eigenvalue weighted by atomic mass is 16.3. The van der Waals surface area contributed by atoms with Crippen LogP contribution in [0, 0.1) is 0 Å². The van der Waals surface area contributed by atoms with Gasteiger partial charge in [0.25, 0.3) is 0 Å². The highest BCUT2D eigenvalue weighted by Crippen LogP contribution is 2.45. The zero-order chi connectivity index (χ0) is 28.7. The molecular formula is C36H28O5. The van der Waals surface area contributed by atoms with Crippen LogP contribution in [0.5, 0.6) is 0 Å². The monoisotopic (exact) mass is 540 g/mol. The van der Waals surface area contributed by atoms with Crippen LogP contribution < -0.4 is 0 Å². The van der Waals surface area contributed by atoms with E-state index in [2.05, 4.69) is 0 Å². The van der Waals surface area contributed by atoms with Crippen LogP contribution in [0.3, 0.4) is 0 Å². The summed E-state index contributed by atoms with van der Waals surface area (Å²) in [6.07, 6.45) is 1.91. The van der Waals surface area contributed by atoms with Crippen LogP contribution in [0.15, 0.2) is 75.2 Å². The molecule has 5 aromatic rings. The van der Waals surface area contributed by atoms with Gasteiger partial charge in [-0.2, -0.15) is 0 Å². The van der Waals surface area contributed by atoms with Gasteiger partial charge in [0.1, 0.15) is 11.2 Å². The number of carbonyl (C=O) groups excluding carboxylic acids is 4. The van der Waals surface area contributed by atoms with Crippen LogP contribution in [0.2, 0.25) is 0 Å². The first-order valence-electron chi connectivity index (χ1n) is 14.4. The lowest BCUT2D eigenvalue weighted by molar-refractivity contribution is 0.0971. The second-order valence-corrected chi connectivity index (χ2v) is 10.8. The average Bonchev–Trinajstić information content (AvgIpc) is 3.38. The standard InChI is InChI=1S/C36H28O5/c1-5-19-21(7-3)35(39)29-23(33(19)37)13-9-17-11-15-25-31(27(17)29)32-26(41-25)16-12-18-10-14-24-30(28(18)32)36(40)22(8-4)20(6-2)34(24)38/h9-16H,5-8H2,1-4H3. The average molecular weight is 541 g/mol. The number of hydrogen-bond donors (Lipinski definition) is 0. The first-order valence-corrected chi connectivity index (χ1v) is 14.4. The van der Waals surface area contributed by atoms with Crippen LogP contribution >= 0.6 is 0 Å². The second-order valence-electron chi connectivity index (χ2n) is 10.8. The summed E-state index contributed by atoms with van der Waals surface area (Å²) in [7, 11) is 0. The van der Waals surface area contributed by atoms with Gasteiger partial charge in [-0.25, -0.2) is 0 Å². The fourth-order valence-electron chi connectivity index (χ4n) is 7.10. The van der Waals surface area contributed by atoms with E-state index in [9.17, 15) is 19.2 Å². The van der Waals surface area contributed by atoms with E-state index in [4.69, 9.17) is 4.42 Å². The van der Waals surface area contributed by atoms with E-state index in [1.165, 1.54) is 0 Å². The van der Waals surface area contributed by atoms with Gasteiger partial charge in [-0.15, -0.1) is 0 Å². The van der Waals surface area contributed by atoms with Crippen molar-refractivity contribution in [2.24, 2.45) is 0 Å². The van der Waals surface area contributed by atoms with Crippen molar-refractivity contribution < 1.29 is 23.6 Å². The van der Waals surface area contributed by atoms with Gasteiger partial charge in [0.05, 0.1) is 0 Å². The molecule has 0 saturated carbocycles. The Labute approximate surface area is 236 Å². The number of Topliss-reactive ketones (excluding diaryl/α,β-unsaturated/α-hetero) is 4. The van der Waals surface area contributed by atoms with Gasteiger partial charge in [-0.1, -0.05) is 52.0 Å². The Morgan fingerprint density at radius 3 is 1.15 bits per heavy atom. The molecule has 0 N–H and O–H groups in total. The van der Waals surface area contributed by atoms with Gasteiger partial charge in [0, 0.05) is 66.1 Å². The van der Waals surface area contributed by atoms with Gasteiger partial charge in [-0.05, 0) is 60.7 Å². The SMILES string of the molecule is CCC1=C(CC)C(=O)c2c(ccc3ccc4oc5ccc6ccc7c(c6c5c4c23)C(=O)C(CC)=C(CC)C7=O)C1=O. The minimum atomic E-state index is -0.135. The molecule has 1 heterocycles. The van der Waals surface area contributed by atoms with E-state index in [1.54, 1.807) is 12.1 Å². The maximum Gasteiger partial charge on any atom is 0.190 e. The number of benzene rings is 4. The summed E-state index contributed by atoms with van der Waals surface area (Å²) in [6.45, 7) is 7.61. The van der Waals surface area contributed by atoms with Crippen LogP contribution in [0.25, 0.3) is 43.5 Å². The predicted octanol–water partition coefficient (Wildman–Crippen LogP) is 8.88. The van der Waals surface area contributed by atoms with Crippen LogP contribution in [0.4, 0.5) is 0 Å². The fraction of sp³-hybridized carbons (Fsp3) is 0.222. The molecule has 2 aliphatic rings. The van der Waals surface area contributed by atoms with Crippen LogP contribution in [0.1, 0.15) is 94.8 Å². The van der Waals surface area contributed by atoms with Crippen molar-refractivity contribution in [3.05, 3.63) is 93.1 Å². The molecule has 1 aromatic heterocycles. The number of allylic oxidation sites excluding steroid dienone is 4. The minimum Gasteiger partial charge on any atom is -0.456 e. The zero-order valence-electron chi connectivity index (χ0n) is 23.5. The number of ketones is 4. The van der Waals surface area contributed by atoms with Gasteiger partial charge < -0.3 is 4.42 Å². The molecule has 2 aliphatic carbocycles. The lowest BCUT2D eigenvalue weighted by Crippen LogP contribution is -2.22. The van der Waals surface area contributed by atoms with E-state index >= 15 is 0 Å². The molecule has 0 atom stereocenters. The molecule has 0 spiro atoms. The van der Waals surface area contributed by atoms with Crippen LogP contribution in [-0.2, 0) is 0 Å². The number of fused-ring (bicyclic) bond motifs is 11. The van der Waals surface area contributed by atoms with Crippen molar-refractivity contribution >= 4 is 66.6 Å². The third kappa shape index (κ3) is 3.17. The van der Waals surface area contributed by atoms with Gasteiger partial charge in [0.2, 0.25) is 0 Å². The molecule has 0 radical (unpaired) electrons. The largest absolute Gasteiger partial charge is 0.456 e. The van der Waals surface area contributed by atoms with Crippen LogP contribution in [-0.4, -0.2) is 23.1 Å². The quantitative estimate of drug-likeness (QED) is 0.227. The van der Waals surface area contributed by atoms with E-state index in [0.29, 0.717) is 103 Å². The Morgan fingerprint density at radius 1 is 0.439 bits per heavy atom. The summed E-state index contributed by atoms with van der Waals surface area (Å²) in [5, 5.41) is 4.29. The predicted molar refractivity (Wildman–Crippen MR) is 161 cm³/mol. The van der Waals surface area contributed by atoms with Crippen molar-refractivity contribution in [1.29, 1.82) is 0 Å². The third-order valence-corrected chi connectivity index (χ3v) is 8.95. The molecule has 5 nitrogen and oxygen atoms in total. The molecule has 0 fully saturated rings. The maximum atomic E-state index is 14.1. The van der Waals surface area contributed by atoms with Gasteiger partial charge in [0.15, 0.2) is 23.1 Å². The number of hydrogen-bond acceptors (Lipinski definition) is 5. The topological polar surface area (TPSA) is 81.4 Å². The molecular weight excluding hydrogens is 512 g/mol. The Bertz CT molecular complexity index is 2000. The summed E-state index contributed by atoms with van der Waals surface area (Å²) in [5.74, 6) is -0.496.